The number of halogens is 1. The minimum Gasteiger partial charge on any atom is -0.374 e. The first kappa shape index (κ1) is 21.7. The van der Waals surface area contributed by atoms with Gasteiger partial charge in [0.05, 0.1) is 29.9 Å². The molecule has 0 fully saturated rings. The number of aliphatic hydroxyl groups is 1. The highest BCUT2D eigenvalue weighted by molar-refractivity contribution is 6.30. The van der Waals surface area contributed by atoms with Crippen LogP contribution < -0.4 is 5.56 Å². The molecular formula is C27H19ClN4O2. The molecule has 0 aliphatic heterocycles. The summed E-state index contributed by atoms with van der Waals surface area (Å²) in [4.78, 5) is 19.5. The molecule has 0 radical (unpaired) electrons. The average Bonchev–Trinajstić information content (AvgIpc) is 3.29. The molecule has 6 nitrogen and oxygen atoms in total. The van der Waals surface area contributed by atoms with Crippen LogP contribution in [0.15, 0.2) is 90.1 Å². The van der Waals surface area contributed by atoms with Crippen molar-refractivity contribution in [3.05, 3.63) is 123 Å². The molecule has 0 aliphatic carbocycles. The van der Waals surface area contributed by atoms with E-state index in [-0.39, 0.29) is 5.56 Å². The molecule has 0 spiro atoms. The standard InChI is InChI=1S/C27H19ClN4O2/c1-32-16-30-15-25(32)27(34,19-7-5-17(14-29)6-8-19)20-9-10-24-23(12-20)22(13-26(33)31-24)18-3-2-4-21(28)11-18/h2-13,15-16,34H,1H3,(H,31,33). The predicted octanol–water partition coefficient (Wildman–Crippen LogP) is 4.74. The van der Waals surface area contributed by atoms with Gasteiger partial charge in [0.25, 0.3) is 0 Å². The van der Waals surface area contributed by atoms with Crippen molar-refractivity contribution in [2.75, 3.05) is 0 Å². The van der Waals surface area contributed by atoms with Crippen LogP contribution in [0.1, 0.15) is 22.4 Å². The average molecular weight is 467 g/mol. The van der Waals surface area contributed by atoms with Crippen molar-refractivity contribution in [1.29, 1.82) is 5.26 Å². The number of hydrogen-bond donors (Lipinski definition) is 2. The maximum atomic E-state index is 12.4. The topological polar surface area (TPSA) is 94.7 Å². The second kappa shape index (κ2) is 8.31. The lowest BCUT2D eigenvalue weighted by atomic mass is 9.82. The predicted molar refractivity (Wildman–Crippen MR) is 131 cm³/mol. The second-order valence-electron chi connectivity index (χ2n) is 8.11. The van der Waals surface area contributed by atoms with E-state index in [1.54, 1.807) is 65.6 Å². The fourth-order valence-corrected chi connectivity index (χ4v) is 4.52. The van der Waals surface area contributed by atoms with E-state index in [0.717, 1.165) is 10.9 Å². The summed E-state index contributed by atoms with van der Waals surface area (Å²) >= 11 is 6.22. The van der Waals surface area contributed by atoms with E-state index in [2.05, 4.69) is 16.0 Å². The molecule has 7 heteroatoms. The third kappa shape index (κ3) is 3.57. The molecule has 166 valence electrons. The molecular weight excluding hydrogens is 448 g/mol. The number of fused-ring (bicyclic) bond motifs is 1. The Kier molecular flexibility index (Phi) is 5.29. The van der Waals surface area contributed by atoms with Gasteiger partial charge in [0, 0.05) is 29.0 Å². The minimum atomic E-state index is -1.56. The van der Waals surface area contributed by atoms with Gasteiger partial charge in [-0.1, -0.05) is 41.9 Å². The quantitative estimate of drug-likeness (QED) is 0.400. The number of imidazole rings is 1. The molecule has 0 saturated heterocycles. The van der Waals surface area contributed by atoms with Crippen molar-refractivity contribution in [2.45, 2.75) is 5.60 Å². The highest BCUT2D eigenvalue weighted by Crippen LogP contribution is 2.39. The SMILES string of the molecule is Cn1cncc1C(O)(c1ccc(C#N)cc1)c1ccc2[nH]c(=O)cc(-c3cccc(Cl)c3)c2c1. The van der Waals surface area contributed by atoms with E-state index in [1.165, 1.54) is 6.07 Å². The zero-order valence-corrected chi connectivity index (χ0v) is 18.9. The van der Waals surface area contributed by atoms with Crippen LogP contribution in [-0.4, -0.2) is 19.6 Å². The van der Waals surface area contributed by atoms with Crippen LogP contribution in [0.25, 0.3) is 22.0 Å². The van der Waals surface area contributed by atoms with Crippen LogP contribution in [0, 0.1) is 11.3 Å². The summed E-state index contributed by atoms with van der Waals surface area (Å²) in [6, 6.07) is 23.2. The van der Waals surface area contributed by atoms with Gasteiger partial charge in [-0.15, -0.1) is 0 Å². The van der Waals surface area contributed by atoms with Crippen LogP contribution in [0.3, 0.4) is 0 Å². The number of nitrogens with one attached hydrogen (secondary N) is 1. The molecule has 0 bridgehead atoms. The number of pyridine rings is 1. The maximum Gasteiger partial charge on any atom is 0.249 e. The Hall–Kier alpha value is -4.18. The summed E-state index contributed by atoms with van der Waals surface area (Å²) in [5, 5.41) is 22.8. The Bertz CT molecular complexity index is 1630. The summed E-state index contributed by atoms with van der Waals surface area (Å²) in [5.74, 6) is 0. The normalized spacial score (nSPS) is 12.9. The summed E-state index contributed by atoms with van der Waals surface area (Å²) in [6.45, 7) is 0. The van der Waals surface area contributed by atoms with Crippen LogP contribution in [0.4, 0.5) is 0 Å². The van der Waals surface area contributed by atoms with Gasteiger partial charge in [-0.3, -0.25) is 4.79 Å². The molecule has 0 aliphatic rings. The molecule has 3 aromatic carbocycles. The van der Waals surface area contributed by atoms with Crippen molar-refractivity contribution in [3.63, 3.8) is 0 Å². The van der Waals surface area contributed by atoms with Gasteiger partial charge in [0.15, 0.2) is 5.60 Å². The number of H-pyrrole nitrogens is 1. The molecule has 1 unspecified atom stereocenters. The van der Waals surface area contributed by atoms with Gasteiger partial charge in [0.1, 0.15) is 0 Å². The van der Waals surface area contributed by atoms with Crippen LogP contribution in [0.5, 0.6) is 0 Å². The first-order chi connectivity index (χ1) is 16.4. The number of aromatic nitrogens is 3. The Morgan fingerprint density at radius 1 is 1.06 bits per heavy atom. The zero-order valence-electron chi connectivity index (χ0n) is 18.2. The Balaban J connectivity index is 1.80. The lowest BCUT2D eigenvalue weighted by molar-refractivity contribution is 0.117. The Morgan fingerprint density at radius 2 is 1.82 bits per heavy atom. The van der Waals surface area contributed by atoms with Crippen molar-refractivity contribution >= 4 is 22.5 Å². The zero-order chi connectivity index (χ0) is 23.9. The molecule has 0 saturated carbocycles. The summed E-state index contributed by atoms with van der Waals surface area (Å²) < 4.78 is 1.76. The minimum absolute atomic E-state index is 0.232. The van der Waals surface area contributed by atoms with Gasteiger partial charge >= 0.3 is 0 Å². The number of rotatable bonds is 4. The molecule has 0 amide bonds. The summed E-state index contributed by atoms with van der Waals surface area (Å²) in [6.07, 6.45) is 3.24. The van der Waals surface area contributed by atoms with Crippen LogP contribution >= 0.6 is 11.6 Å². The monoisotopic (exact) mass is 466 g/mol. The summed E-state index contributed by atoms with van der Waals surface area (Å²) in [5.41, 5.74) is 2.57. The Labute approximate surface area is 200 Å². The number of aryl methyl sites for hydroxylation is 1. The van der Waals surface area contributed by atoms with E-state index in [9.17, 15) is 15.2 Å². The number of nitriles is 1. The maximum absolute atomic E-state index is 12.4. The molecule has 34 heavy (non-hydrogen) atoms. The van der Waals surface area contributed by atoms with Crippen molar-refractivity contribution in [2.24, 2.45) is 7.05 Å². The molecule has 2 N–H and O–H groups in total. The number of aromatic amines is 1. The summed E-state index contributed by atoms with van der Waals surface area (Å²) in [7, 11) is 1.81. The fraction of sp³-hybridized carbons (Fsp3) is 0.0741. The highest BCUT2D eigenvalue weighted by atomic mass is 35.5. The lowest BCUT2D eigenvalue weighted by Crippen LogP contribution is -2.31. The van der Waals surface area contributed by atoms with Gasteiger partial charge in [-0.25, -0.2) is 4.98 Å². The number of hydrogen-bond acceptors (Lipinski definition) is 4. The third-order valence-electron chi connectivity index (χ3n) is 6.02. The highest BCUT2D eigenvalue weighted by Gasteiger charge is 2.36. The molecule has 1 atom stereocenters. The second-order valence-corrected chi connectivity index (χ2v) is 8.54. The third-order valence-corrected chi connectivity index (χ3v) is 6.25. The van der Waals surface area contributed by atoms with Gasteiger partial charge in [-0.05, 0) is 58.7 Å². The largest absolute Gasteiger partial charge is 0.374 e. The fourth-order valence-electron chi connectivity index (χ4n) is 4.33. The van der Waals surface area contributed by atoms with Crippen LogP contribution in [-0.2, 0) is 12.6 Å². The van der Waals surface area contributed by atoms with Crippen LogP contribution in [0.2, 0.25) is 5.02 Å². The molecule has 5 aromatic rings. The van der Waals surface area contributed by atoms with Crippen molar-refractivity contribution in [1.82, 2.24) is 14.5 Å². The van der Waals surface area contributed by atoms with Crippen molar-refractivity contribution < 1.29 is 5.11 Å². The van der Waals surface area contributed by atoms with Crippen molar-refractivity contribution in [3.8, 4) is 17.2 Å². The van der Waals surface area contributed by atoms with E-state index in [0.29, 0.717) is 38.5 Å². The van der Waals surface area contributed by atoms with E-state index >= 15 is 0 Å². The first-order valence-electron chi connectivity index (χ1n) is 10.5. The van der Waals surface area contributed by atoms with Gasteiger partial charge < -0.3 is 14.7 Å². The molecule has 2 heterocycles. The number of benzene rings is 3. The molecule has 5 rings (SSSR count). The lowest BCUT2D eigenvalue weighted by Gasteiger charge is -2.30. The first-order valence-corrected chi connectivity index (χ1v) is 10.9. The van der Waals surface area contributed by atoms with E-state index in [1.807, 2.05) is 25.2 Å². The number of nitrogens with zero attached hydrogens (tertiary/aromatic N) is 3. The smallest absolute Gasteiger partial charge is 0.249 e. The van der Waals surface area contributed by atoms with E-state index in [4.69, 9.17) is 11.6 Å². The van der Waals surface area contributed by atoms with Gasteiger partial charge in [0.2, 0.25) is 5.56 Å². The van der Waals surface area contributed by atoms with Gasteiger partial charge in [-0.2, -0.15) is 5.26 Å². The Morgan fingerprint density at radius 3 is 2.50 bits per heavy atom. The van der Waals surface area contributed by atoms with E-state index < -0.39 is 5.60 Å². The molecule has 2 aromatic heterocycles.